The third-order valence-electron chi connectivity index (χ3n) is 4.52. The Bertz CT molecular complexity index is 195. The lowest BCUT2D eigenvalue weighted by Crippen LogP contribution is -2.53. The lowest BCUT2D eigenvalue weighted by molar-refractivity contribution is 0.119. The lowest BCUT2D eigenvalue weighted by Gasteiger charge is -2.39. The van der Waals surface area contributed by atoms with Crippen molar-refractivity contribution in [2.75, 3.05) is 19.6 Å². The normalized spacial score (nSPS) is 29.8. The van der Waals surface area contributed by atoms with Crippen LogP contribution in [0.25, 0.3) is 0 Å². The predicted octanol–water partition coefficient (Wildman–Crippen LogP) is 3.17. The molecular formula is C15H30N2. The molecule has 1 aliphatic heterocycles. The minimum atomic E-state index is 0.763. The second-order valence-electron chi connectivity index (χ2n) is 5.93. The van der Waals surface area contributed by atoms with Gasteiger partial charge in [0.05, 0.1) is 0 Å². The average Bonchev–Trinajstić information content (AvgIpc) is 2.29. The van der Waals surface area contributed by atoms with Crippen molar-refractivity contribution in [1.82, 2.24) is 10.2 Å². The van der Waals surface area contributed by atoms with Gasteiger partial charge in [0.1, 0.15) is 0 Å². The van der Waals surface area contributed by atoms with Crippen LogP contribution in [0.4, 0.5) is 0 Å². The van der Waals surface area contributed by atoms with Gasteiger partial charge < -0.3 is 5.32 Å². The summed E-state index contributed by atoms with van der Waals surface area (Å²) in [5, 5.41) is 3.68. The summed E-state index contributed by atoms with van der Waals surface area (Å²) in [6.07, 6.45) is 12.9. The minimum Gasteiger partial charge on any atom is -0.311 e. The number of piperazine rings is 1. The van der Waals surface area contributed by atoms with Gasteiger partial charge in [0.2, 0.25) is 0 Å². The highest BCUT2D eigenvalue weighted by molar-refractivity contribution is 4.83. The molecule has 1 heterocycles. The quantitative estimate of drug-likeness (QED) is 0.812. The molecule has 1 saturated heterocycles. The van der Waals surface area contributed by atoms with Gasteiger partial charge >= 0.3 is 0 Å². The summed E-state index contributed by atoms with van der Waals surface area (Å²) in [4.78, 5) is 2.79. The molecule has 0 aromatic rings. The highest BCUT2D eigenvalue weighted by Crippen LogP contribution is 2.22. The zero-order valence-electron chi connectivity index (χ0n) is 11.6. The van der Waals surface area contributed by atoms with Crippen LogP contribution >= 0.6 is 0 Å². The van der Waals surface area contributed by atoms with E-state index in [2.05, 4.69) is 17.1 Å². The molecular weight excluding hydrogens is 208 g/mol. The van der Waals surface area contributed by atoms with Crippen LogP contribution in [-0.4, -0.2) is 36.6 Å². The Labute approximate surface area is 107 Å². The molecule has 2 heteroatoms. The molecule has 0 amide bonds. The maximum atomic E-state index is 3.68. The van der Waals surface area contributed by atoms with E-state index in [1.165, 1.54) is 77.4 Å². The fourth-order valence-electron chi connectivity index (χ4n) is 3.52. The minimum absolute atomic E-state index is 0.763. The van der Waals surface area contributed by atoms with Crippen molar-refractivity contribution >= 4 is 0 Å². The van der Waals surface area contributed by atoms with Crippen LogP contribution in [0.15, 0.2) is 0 Å². The van der Waals surface area contributed by atoms with Gasteiger partial charge in [-0.3, -0.25) is 4.90 Å². The van der Waals surface area contributed by atoms with Crippen LogP contribution in [0, 0.1) is 0 Å². The average molecular weight is 238 g/mol. The van der Waals surface area contributed by atoms with Crippen LogP contribution < -0.4 is 5.32 Å². The molecule has 0 aromatic carbocycles. The summed E-state index contributed by atoms with van der Waals surface area (Å²) >= 11 is 0. The fraction of sp³-hybridized carbons (Fsp3) is 1.00. The fourth-order valence-corrected chi connectivity index (χ4v) is 3.52. The SMILES string of the molecule is CCCC1CN(C2CCCCCCC2)CCN1. The van der Waals surface area contributed by atoms with E-state index in [1.54, 1.807) is 0 Å². The van der Waals surface area contributed by atoms with Gasteiger partial charge in [-0.2, -0.15) is 0 Å². The topological polar surface area (TPSA) is 15.3 Å². The zero-order valence-corrected chi connectivity index (χ0v) is 11.6. The number of rotatable bonds is 3. The van der Waals surface area contributed by atoms with Gasteiger partial charge in [0.25, 0.3) is 0 Å². The second-order valence-corrected chi connectivity index (χ2v) is 5.93. The molecule has 0 spiro atoms. The highest BCUT2D eigenvalue weighted by Gasteiger charge is 2.24. The molecule has 1 atom stereocenters. The Morgan fingerprint density at radius 3 is 2.47 bits per heavy atom. The Morgan fingerprint density at radius 2 is 1.76 bits per heavy atom. The van der Waals surface area contributed by atoms with Crippen molar-refractivity contribution in [2.45, 2.75) is 76.8 Å². The molecule has 100 valence electrons. The Kier molecular flexibility index (Phi) is 5.79. The summed E-state index contributed by atoms with van der Waals surface area (Å²) in [6, 6.07) is 1.66. The zero-order chi connectivity index (χ0) is 11.9. The highest BCUT2D eigenvalue weighted by atomic mass is 15.2. The van der Waals surface area contributed by atoms with E-state index in [0.717, 1.165) is 12.1 Å². The third kappa shape index (κ3) is 4.26. The molecule has 1 saturated carbocycles. The van der Waals surface area contributed by atoms with Crippen molar-refractivity contribution in [3.8, 4) is 0 Å². The van der Waals surface area contributed by atoms with Crippen molar-refractivity contribution in [3.05, 3.63) is 0 Å². The smallest absolute Gasteiger partial charge is 0.0195 e. The van der Waals surface area contributed by atoms with Gasteiger partial charge in [-0.05, 0) is 19.3 Å². The third-order valence-corrected chi connectivity index (χ3v) is 4.52. The molecule has 1 aliphatic carbocycles. The maximum Gasteiger partial charge on any atom is 0.0195 e. The van der Waals surface area contributed by atoms with E-state index in [1.807, 2.05) is 0 Å². The first-order valence-corrected chi connectivity index (χ1v) is 7.87. The first-order valence-electron chi connectivity index (χ1n) is 7.87. The molecule has 0 radical (unpaired) electrons. The van der Waals surface area contributed by atoms with Crippen LogP contribution in [0.1, 0.15) is 64.7 Å². The molecule has 17 heavy (non-hydrogen) atoms. The summed E-state index contributed by atoms with van der Waals surface area (Å²) in [7, 11) is 0. The molecule has 0 bridgehead atoms. The monoisotopic (exact) mass is 238 g/mol. The van der Waals surface area contributed by atoms with E-state index in [9.17, 15) is 0 Å². The first kappa shape index (κ1) is 13.4. The van der Waals surface area contributed by atoms with Crippen LogP contribution in [0.2, 0.25) is 0 Å². The summed E-state index contributed by atoms with van der Waals surface area (Å²) < 4.78 is 0. The molecule has 2 aliphatic rings. The largest absolute Gasteiger partial charge is 0.311 e. The van der Waals surface area contributed by atoms with Gasteiger partial charge in [0.15, 0.2) is 0 Å². The number of nitrogens with zero attached hydrogens (tertiary/aromatic N) is 1. The van der Waals surface area contributed by atoms with E-state index in [0.29, 0.717) is 0 Å². The van der Waals surface area contributed by atoms with Crippen molar-refractivity contribution in [2.24, 2.45) is 0 Å². The Hall–Kier alpha value is -0.0800. The molecule has 2 nitrogen and oxygen atoms in total. The van der Waals surface area contributed by atoms with Gasteiger partial charge in [-0.15, -0.1) is 0 Å². The van der Waals surface area contributed by atoms with Gasteiger partial charge in [-0.25, -0.2) is 0 Å². The summed E-state index contributed by atoms with van der Waals surface area (Å²) in [5.74, 6) is 0. The van der Waals surface area contributed by atoms with E-state index < -0.39 is 0 Å². The molecule has 2 fully saturated rings. The van der Waals surface area contributed by atoms with Gasteiger partial charge in [-0.1, -0.05) is 45.4 Å². The predicted molar refractivity (Wildman–Crippen MR) is 74.4 cm³/mol. The van der Waals surface area contributed by atoms with Crippen molar-refractivity contribution in [1.29, 1.82) is 0 Å². The van der Waals surface area contributed by atoms with Crippen molar-refractivity contribution < 1.29 is 0 Å². The van der Waals surface area contributed by atoms with Crippen LogP contribution in [0.3, 0.4) is 0 Å². The first-order chi connectivity index (χ1) is 8.40. The second kappa shape index (κ2) is 7.38. The van der Waals surface area contributed by atoms with Gasteiger partial charge in [0, 0.05) is 31.7 Å². The number of hydrogen-bond acceptors (Lipinski definition) is 2. The lowest BCUT2D eigenvalue weighted by atomic mass is 9.94. The van der Waals surface area contributed by atoms with Crippen molar-refractivity contribution in [3.63, 3.8) is 0 Å². The Morgan fingerprint density at radius 1 is 1.06 bits per heavy atom. The Balaban J connectivity index is 1.81. The standard InChI is InChI=1S/C15H30N2/c1-2-8-14-13-17(12-11-16-14)15-9-6-4-3-5-7-10-15/h14-16H,2-13H2,1H3. The number of hydrogen-bond donors (Lipinski definition) is 1. The summed E-state index contributed by atoms with van der Waals surface area (Å²) in [5.41, 5.74) is 0. The molecule has 2 rings (SSSR count). The maximum absolute atomic E-state index is 3.68. The van der Waals surface area contributed by atoms with Crippen LogP contribution in [-0.2, 0) is 0 Å². The van der Waals surface area contributed by atoms with Crippen LogP contribution in [0.5, 0.6) is 0 Å². The van der Waals surface area contributed by atoms with E-state index in [4.69, 9.17) is 0 Å². The molecule has 1 unspecified atom stereocenters. The van der Waals surface area contributed by atoms with E-state index in [-0.39, 0.29) is 0 Å². The summed E-state index contributed by atoms with van der Waals surface area (Å²) in [6.45, 7) is 6.10. The molecule has 1 N–H and O–H groups in total. The number of nitrogens with one attached hydrogen (secondary N) is 1. The molecule has 0 aromatic heterocycles. The van der Waals surface area contributed by atoms with E-state index >= 15 is 0 Å².